The first kappa shape index (κ1) is 13.8. The molecular weight excluding hydrogens is 272 g/mol. The fraction of sp³-hybridized carbons (Fsp3) is 0.571. The number of hydrogen-bond donors (Lipinski definition) is 1. The maximum Gasteiger partial charge on any atom is 0.352 e. The lowest BCUT2D eigenvalue weighted by molar-refractivity contribution is -0.133. The maximum absolute atomic E-state index is 11.8. The second-order valence-corrected chi connectivity index (χ2v) is 5.53. The number of carbonyl (C=O) groups excluding carboxylic acids is 1. The van der Waals surface area contributed by atoms with Crippen LogP contribution in [0.15, 0.2) is 17.4 Å². The zero-order chi connectivity index (χ0) is 14.8. The number of aliphatic carboxylic acids is 1. The summed E-state index contributed by atoms with van der Waals surface area (Å²) in [6.45, 7) is 0.231. The minimum atomic E-state index is -1.07. The van der Waals surface area contributed by atoms with Crippen LogP contribution in [0.2, 0.25) is 0 Å². The highest BCUT2D eigenvalue weighted by Gasteiger charge is 2.25. The highest BCUT2D eigenvalue weighted by molar-refractivity contribution is 6.36. The third kappa shape index (κ3) is 2.96. The van der Waals surface area contributed by atoms with Crippen LogP contribution in [-0.4, -0.2) is 37.5 Å². The molecule has 1 N–H and O–H groups in total. The van der Waals surface area contributed by atoms with Gasteiger partial charge in [0.25, 0.3) is 0 Å². The Morgan fingerprint density at radius 3 is 2.81 bits per heavy atom. The average Bonchev–Trinajstić information content (AvgIpc) is 3.11. The molecule has 0 radical (unpaired) electrons. The van der Waals surface area contributed by atoms with E-state index in [-0.39, 0.29) is 31.0 Å². The Morgan fingerprint density at radius 2 is 2.10 bits per heavy atom. The van der Waals surface area contributed by atoms with Gasteiger partial charge in [0.1, 0.15) is 5.71 Å². The standard InChI is InChI=1S/C14H18N4O3/c19-13-6-5-12(14(20)21)16-18(13)9-10-7-8-17(15-10)11-3-1-2-4-11/h7-8,11H,1-6,9H2,(H,20,21). The van der Waals surface area contributed by atoms with E-state index >= 15 is 0 Å². The molecule has 1 aliphatic heterocycles. The molecule has 1 amide bonds. The molecule has 7 heteroatoms. The fourth-order valence-electron chi connectivity index (χ4n) is 2.87. The predicted octanol–water partition coefficient (Wildman–Crippen LogP) is 1.56. The molecule has 0 bridgehead atoms. The van der Waals surface area contributed by atoms with E-state index in [0.29, 0.717) is 6.04 Å². The molecule has 2 aliphatic rings. The summed E-state index contributed by atoms with van der Waals surface area (Å²) in [4.78, 5) is 22.8. The Balaban J connectivity index is 1.71. The second kappa shape index (κ2) is 5.67. The molecule has 112 valence electrons. The predicted molar refractivity (Wildman–Crippen MR) is 74.6 cm³/mol. The Bertz CT molecular complexity index is 587. The van der Waals surface area contributed by atoms with Crippen molar-refractivity contribution in [3.63, 3.8) is 0 Å². The van der Waals surface area contributed by atoms with Crippen LogP contribution in [0, 0.1) is 0 Å². The van der Waals surface area contributed by atoms with Gasteiger partial charge >= 0.3 is 5.97 Å². The van der Waals surface area contributed by atoms with Gasteiger partial charge in [0.15, 0.2) is 0 Å². The molecule has 0 aromatic carbocycles. The van der Waals surface area contributed by atoms with Crippen LogP contribution < -0.4 is 0 Å². The van der Waals surface area contributed by atoms with Crippen LogP contribution in [0.25, 0.3) is 0 Å². The van der Waals surface area contributed by atoms with Crippen molar-refractivity contribution in [2.75, 3.05) is 0 Å². The highest BCUT2D eigenvalue weighted by atomic mass is 16.4. The Morgan fingerprint density at radius 1 is 1.33 bits per heavy atom. The lowest BCUT2D eigenvalue weighted by atomic mass is 10.1. The van der Waals surface area contributed by atoms with Crippen molar-refractivity contribution in [2.45, 2.75) is 51.1 Å². The molecule has 1 aromatic rings. The summed E-state index contributed by atoms with van der Waals surface area (Å²) >= 11 is 0. The Labute approximate surface area is 122 Å². The van der Waals surface area contributed by atoms with E-state index in [9.17, 15) is 9.59 Å². The Kier molecular flexibility index (Phi) is 3.72. The molecule has 1 saturated carbocycles. The summed E-state index contributed by atoms with van der Waals surface area (Å²) < 4.78 is 1.96. The fourth-order valence-corrected chi connectivity index (χ4v) is 2.87. The van der Waals surface area contributed by atoms with E-state index in [1.165, 1.54) is 17.9 Å². The third-order valence-electron chi connectivity index (χ3n) is 4.03. The van der Waals surface area contributed by atoms with E-state index in [1.54, 1.807) is 0 Å². The van der Waals surface area contributed by atoms with Gasteiger partial charge in [0.05, 0.1) is 18.3 Å². The number of nitrogens with zero attached hydrogens (tertiary/aromatic N) is 4. The second-order valence-electron chi connectivity index (χ2n) is 5.53. The van der Waals surface area contributed by atoms with Crippen molar-refractivity contribution >= 4 is 17.6 Å². The lowest BCUT2D eigenvalue weighted by Crippen LogP contribution is -2.34. The van der Waals surface area contributed by atoms with E-state index in [2.05, 4.69) is 10.2 Å². The molecule has 0 saturated heterocycles. The summed E-state index contributed by atoms with van der Waals surface area (Å²) in [5, 5.41) is 18.6. The first-order valence-electron chi connectivity index (χ1n) is 7.28. The van der Waals surface area contributed by atoms with Crippen LogP contribution in [0.5, 0.6) is 0 Å². The number of hydrogen-bond acceptors (Lipinski definition) is 4. The minimum absolute atomic E-state index is 0.0322. The number of carbonyl (C=O) groups is 2. The highest BCUT2D eigenvalue weighted by Crippen LogP contribution is 2.28. The molecule has 0 spiro atoms. The van der Waals surface area contributed by atoms with Gasteiger partial charge in [-0.15, -0.1) is 0 Å². The van der Waals surface area contributed by atoms with Gasteiger partial charge in [-0.05, 0) is 18.9 Å². The largest absolute Gasteiger partial charge is 0.477 e. The summed E-state index contributed by atoms with van der Waals surface area (Å²) in [5.74, 6) is -1.22. The SMILES string of the molecule is O=C(O)C1=NN(Cc2ccn(C3CCCC3)n2)C(=O)CC1. The first-order chi connectivity index (χ1) is 10.1. The molecule has 7 nitrogen and oxygen atoms in total. The minimum Gasteiger partial charge on any atom is -0.477 e. The zero-order valence-electron chi connectivity index (χ0n) is 11.7. The van der Waals surface area contributed by atoms with Gasteiger partial charge in [0, 0.05) is 19.0 Å². The van der Waals surface area contributed by atoms with Gasteiger partial charge < -0.3 is 5.11 Å². The number of hydrazone groups is 1. The first-order valence-corrected chi connectivity index (χ1v) is 7.28. The molecule has 21 heavy (non-hydrogen) atoms. The van der Waals surface area contributed by atoms with Gasteiger partial charge in [-0.2, -0.15) is 10.2 Å². The van der Waals surface area contributed by atoms with E-state index < -0.39 is 5.97 Å². The van der Waals surface area contributed by atoms with Crippen LogP contribution in [-0.2, 0) is 16.1 Å². The molecule has 0 unspecified atom stereocenters. The van der Waals surface area contributed by atoms with Crippen molar-refractivity contribution in [3.8, 4) is 0 Å². The van der Waals surface area contributed by atoms with Gasteiger partial charge in [-0.3, -0.25) is 9.48 Å². The van der Waals surface area contributed by atoms with Crippen molar-refractivity contribution in [1.82, 2.24) is 14.8 Å². The summed E-state index contributed by atoms with van der Waals surface area (Å²) in [7, 11) is 0. The van der Waals surface area contributed by atoms with Crippen LogP contribution in [0.4, 0.5) is 0 Å². The number of amides is 1. The van der Waals surface area contributed by atoms with Crippen LogP contribution in [0.3, 0.4) is 0 Å². The zero-order valence-corrected chi connectivity index (χ0v) is 11.7. The average molecular weight is 290 g/mol. The van der Waals surface area contributed by atoms with E-state index in [0.717, 1.165) is 18.5 Å². The monoisotopic (exact) mass is 290 g/mol. The lowest BCUT2D eigenvalue weighted by Gasteiger charge is -2.21. The summed E-state index contributed by atoms with van der Waals surface area (Å²) in [6, 6.07) is 2.32. The van der Waals surface area contributed by atoms with Crippen molar-refractivity contribution in [3.05, 3.63) is 18.0 Å². The maximum atomic E-state index is 11.8. The topological polar surface area (TPSA) is 87.8 Å². The van der Waals surface area contributed by atoms with Crippen molar-refractivity contribution in [2.24, 2.45) is 5.10 Å². The molecule has 1 aliphatic carbocycles. The number of carboxylic acid groups (broad SMARTS) is 1. The normalized spacial score (nSPS) is 19.9. The smallest absolute Gasteiger partial charge is 0.352 e. The molecule has 1 aromatic heterocycles. The summed E-state index contributed by atoms with van der Waals surface area (Å²) in [6.07, 6.45) is 7.07. The number of aromatic nitrogens is 2. The number of rotatable bonds is 4. The van der Waals surface area contributed by atoms with Crippen molar-refractivity contribution < 1.29 is 14.7 Å². The van der Waals surface area contributed by atoms with E-state index in [1.807, 2.05) is 16.9 Å². The molecule has 1 fully saturated rings. The van der Waals surface area contributed by atoms with Gasteiger partial charge in [-0.25, -0.2) is 9.80 Å². The molecule has 2 heterocycles. The van der Waals surface area contributed by atoms with Crippen molar-refractivity contribution in [1.29, 1.82) is 0 Å². The van der Waals surface area contributed by atoms with E-state index in [4.69, 9.17) is 5.11 Å². The van der Waals surface area contributed by atoms with Gasteiger partial charge in [0.2, 0.25) is 5.91 Å². The molecular formula is C14H18N4O3. The Hall–Kier alpha value is -2.18. The number of carboxylic acids is 1. The third-order valence-corrected chi connectivity index (χ3v) is 4.03. The quantitative estimate of drug-likeness (QED) is 0.911. The molecule has 0 atom stereocenters. The summed E-state index contributed by atoms with van der Waals surface area (Å²) in [5.41, 5.74) is 0.774. The molecule has 3 rings (SSSR count). The van der Waals surface area contributed by atoms with Crippen LogP contribution in [0.1, 0.15) is 50.3 Å². The van der Waals surface area contributed by atoms with Crippen LogP contribution >= 0.6 is 0 Å². The van der Waals surface area contributed by atoms with Gasteiger partial charge in [-0.1, -0.05) is 12.8 Å².